The zero-order chi connectivity index (χ0) is 18.9. The van der Waals surface area contributed by atoms with Crippen molar-refractivity contribution in [1.82, 2.24) is 0 Å². The Morgan fingerprint density at radius 2 is 1.73 bits per heavy atom. The molecule has 0 radical (unpaired) electrons. The van der Waals surface area contributed by atoms with Crippen LogP contribution in [0.5, 0.6) is 0 Å². The van der Waals surface area contributed by atoms with Gasteiger partial charge in [-0.1, -0.05) is 18.2 Å². The highest BCUT2D eigenvalue weighted by molar-refractivity contribution is 7.93. The standard InChI is InChI=1S/C18H22N2O4S2/c1-14-7-3-4-8-18(14)26(23,24)19-16-9-10-17(15(2)13-16)20-11-5-6-12-25(20,21)22/h3-4,7-10,13,19H,5-6,11-12H2,1-2H3. The predicted octanol–water partition coefficient (Wildman–Crippen LogP) is 3.03. The molecule has 1 aliphatic heterocycles. The summed E-state index contributed by atoms with van der Waals surface area (Å²) in [5.74, 6) is 0.147. The van der Waals surface area contributed by atoms with Crippen LogP contribution in [0.1, 0.15) is 24.0 Å². The molecule has 0 amide bonds. The molecule has 1 saturated heterocycles. The molecule has 140 valence electrons. The van der Waals surface area contributed by atoms with Gasteiger partial charge in [-0.15, -0.1) is 0 Å². The van der Waals surface area contributed by atoms with Gasteiger partial charge in [0.25, 0.3) is 10.0 Å². The summed E-state index contributed by atoms with van der Waals surface area (Å²) in [7, 11) is -7.00. The minimum absolute atomic E-state index is 0.147. The van der Waals surface area contributed by atoms with Gasteiger partial charge < -0.3 is 0 Å². The lowest BCUT2D eigenvalue weighted by Gasteiger charge is -2.29. The summed E-state index contributed by atoms with van der Waals surface area (Å²) in [6.07, 6.45) is 1.49. The Balaban J connectivity index is 1.90. The average molecular weight is 395 g/mol. The van der Waals surface area contributed by atoms with Crippen molar-refractivity contribution in [1.29, 1.82) is 0 Å². The third-order valence-corrected chi connectivity index (χ3v) is 7.85. The SMILES string of the molecule is Cc1cc(NS(=O)(=O)c2ccccc2C)ccc1N1CCCCS1(=O)=O. The number of aryl methyl sites for hydroxylation is 2. The molecule has 0 unspecified atom stereocenters. The minimum atomic E-state index is -3.70. The van der Waals surface area contributed by atoms with Crippen molar-refractivity contribution in [3.05, 3.63) is 53.6 Å². The molecule has 8 heteroatoms. The van der Waals surface area contributed by atoms with Crippen molar-refractivity contribution < 1.29 is 16.8 Å². The Morgan fingerprint density at radius 1 is 1.00 bits per heavy atom. The number of sulfonamides is 2. The lowest BCUT2D eigenvalue weighted by molar-refractivity contribution is 0.574. The Bertz CT molecular complexity index is 1030. The maximum absolute atomic E-state index is 12.6. The molecule has 2 aromatic carbocycles. The van der Waals surface area contributed by atoms with Crippen LogP contribution in [0.25, 0.3) is 0 Å². The molecule has 26 heavy (non-hydrogen) atoms. The summed E-state index contributed by atoms with van der Waals surface area (Å²) in [5.41, 5.74) is 2.38. The van der Waals surface area contributed by atoms with Crippen LogP contribution >= 0.6 is 0 Å². The Kier molecular flexibility index (Phi) is 4.98. The van der Waals surface area contributed by atoms with Crippen LogP contribution < -0.4 is 9.03 Å². The second-order valence-corrected chi connectivity index (χ2v) is 10.1. The molecule has 1 aliphatic rings. The van der Waals surface area contributed by atoms with Crippen LogP contribution in [-0.2, 0) is 20.0 Å². The van der Waals surface area contributed by atoms with E-state index in [0.29, 0.717) is 35.5 Å². The highest BCUT2D eigenvalue weighted by atomic mass is 32.2. The first-order valence-electron chi connectivity index (χ1n) is 8.40. The van der Waals surface area contributed by atoms with Gasteiger partial charge in [-0.25, -0.2) is 16.8 Å². The fraction of sp³-hybridized carbons (Fsp3) is 0.333. The second-order valence-electron chi connectivity index (χ2n) is 6.47. The van der Waals surface area contributed by atoms with E-state index in [9.17, 15) is 16.8 Å². The third-order valence-electron chi connectivity index (χ3n) is 4.45. The van der Waals surface area contributed by atoms with E-state index in [1.165, 1.54) is 4.31 Å². The van der Waals surface area contributed by atoms with E-state index in [-0.39, 0.29) is 10.6 Å². The monoisotopic (exact) mass is 394 g/mol. The van der Waals surface area contributed by atoms with Gasteiger partial charge in [-0.2, -0.15) is 0 Å². The number of nitrogens with one attached hydrogen (secondary N) is 1. The molecule has 0 atom stereocenters. The normalized spacial score (nSPS) is 17.1. The highest BCUT2D eigenvalue weighted by Gasteiger charge is 2.27. The first kappa shape index (κ1) is 18.7. The number of benzene rings is 2. The summed E-state index contributed by atoms with van der Waals surface area (Å²) >= 11 is 0. The molecule has 3 rings (SSSR count). The number of hydrogen-bond donors (Lipinski definition) is 1. The van der Waals surface area contributed by atoms with Gasteiger partial charge in [0.2, 0.25) is 10.0 Å². The highest BCUT2D eigenvalue weighted by Crippen LogP contribution is 2.29. The molecular weight excluding hydrogens is 372 g/mol. The third kappa shape index (κ3) is 3.71. The summed E-state index contributed by atoms with van der Waals surface area (Å²) in [6.45, 7) is 3.98. The van der Waals surface area contributed by atoms with Crippen molar-refractivity contribution in [2.45, 2.75) is 31.6 Å². The molecule has 0 aromatic heterocycles. The predicted molar refractivity (Wildman–Crippen MR) is 104 cm³/mol. The molecule has 0 aliphatic carbocycles. The maximum Gasteiger partial charge on any atom is 0.262 e. The molecule has 1 N–H and O–H groups in total. The lowest BCUT2D eigenvalue weighted by Crippen LogP contribution is -2.38. The summed E-state index contributed by atoms with van der Waals surface area (Å²) < 4.78 is 53.8. The topological polar surface area (TPSA) is 83.6 Å². The van der Waals surface area contributed by atoms with Gasteiger partial charge in [0.05, 0.1) is 16.3 Å². The van der Waals surface area contributed by atoms with E-state index in [2.05, 4.69) is 4.72 Å². The summed E-state index contributed by atoms with van der Waals surface area (Å²) in [4.78, 5) is 0.223. The molecular formula is C18H22N2O4S2. The van der Waals surface area contributed by atoms with Gasteiger partial charge >= 0.3 is 0 Å². The van der Waals surface area contributed by atoms with Crippen molar-refractivity contribution in [2.75, 3.05) is 21.3 Å². The van der Waals surface area contributed by atoms with Gasteiger partial charge in [0, 0.05) is 12.2 Å². The fourth-order valence-corrected chi connectivity index (χ4v) is 6.12. The van der Waals surface area contributed by atoms with E-state index >= 15 is 0 Å². The van der Waals surface area contributed by atoms with Gasteiger partial charge in [0.1, 0.15) is 0 Å². The minimum Gasteiger partial charge on any atom is -0.280 e. The van der Waals surface area contributed by atoms with Crippen molar-refractivity contribution in [3.8, 4) is 0 Å². The zero-order valence-corrected chi connectivity index (χ0v) is 16.4. The molecule has 1 fully saturated rings. The van der Waals surface area contributed by atoms with E-state index < -0.39 is 20.0 Å². The zero-order valence-electron chi connectivity index (χ0n) is 14.8. The van der Waals surface area contributed by atoms with Crippen LogP contribution in [0.15, 0.2) is 47.4 Å². The summed E-state index contributed by atoms with van der Waals surface area (Å²) in [5, 5.41) is 0. The first-order chi connectivity index (χ1) is 12.2. The second kappa shape index (κ2) is 6.92. The largest absolute Gasteiger partial charge is 0.280 e. The molecule has 1 heterocycles. The molecule has 0 spiro atoms. The van der Waals surface area contributed by atoms with E-state index in [1.807, 2.05) is 0 Å². The maximum atomic E-state index is 12.6. The van der Waals surface area contributed by atoms with Crippen LogP contribution in [0, 0.1) is 13.8 Å². The number of nitrogens with zero attached hydrogens (tertiary/aromatic N) is 1. The number of anilines is 2. The van der Waals surface area contributed by atoms with Crippen LogP contribution in [-0.4, -0.2) is 29.1 Å². The van der Waals surface area contributed by atoms with Crippen LogP contribution in [0.2, 0.25) is 0 Å². The quantitative estimate of drug-likeness (QED) is 0.864. The van der Waals surface area contributed by atoms with E-state index in [4.69, 9.17) is 0 Å². The molecule has 0 bridgehead atoms. The fourth-order valence-electron chi connectivity index (χ4n) is 3.13. The van der Waals surface area contributed by atoms with Crippen LogP contribution in [0.4, 0.5) is 11.4 Å². The first-order valence-corrected chi connectivity index (χ1v) is 11.5. The lowest BCUT2D eigenvalue weighted by atomic mass is 10.1. The number of rotatable bonds is 4. The van der Waals surface area contributed by atoms with Crippen molar-refractivity contribution >= 4 is 31.4 Å². The Hall–Kier alpha value is -2.06. The molecule has 6 nitrogen and oxygen atoms in total. The van der Waals surface area contributed by atoms with Crippen molar-refractivity contribution in [3.63, 3.8) is 0 Å². The molecule has 0 saturated carbocycles. The van der Waals surface area contributed by atoms with Gasteiger partial charge in [-0.3, -0.25) is 9.03 Å². The Labute approximate surface area is 155 Å². The van der Waals surface area contributed by atoms with E-state index in [0.717, 1.165) is 6.42 Å². The number of hydrogen-bond acceptors (Lipinski definition) is 4. The van der Waals surface area contributed by atoms with Gasteiger partial charge in [0.15, 0.2) is 0 Å². The van der Waals surface area contributed by atoms with Gasteiger partial charge in [-0.05, 0) is 62.1 Å². The Morgan fingerprint density at radius 3 is 2.38 bits per heavy atom. The van der Waals surface area contributed by atoms with Crippen LogP contribution in [0.3, 0.4) is 0 Å². The molecule has 2 aromatic rings. The smallest absolute Gasteiger partial charge is 0.262 e. The van der Waals surface area contributed by atoms with E-state index in [1.54, 1.807) is 56.3 Å². The van der Waals surface area contributed by atoms with Crippen molar-refractivity contribution in [2.24, 2.45) is 0 Å². The summed E-state index contributed by atoms with van der Waals surface area (Å²) in [6, 6.07) is 11.7. The average Bonchev–Trinajstić information content (AvgIpc) is 2.55.